The first kappa shape index (κ1) is 16.6. The molecule has 0 atom stereocenters. The maximum Gasteiger partial charge on any atom is 0.332 e. The lowest BCUT2D eigenvalue weighted by Gasteiger charge is -2.06. The smallest absolute Gasteiger partial charge is 0.332 e. The van der Waals surface area contributed by atoms with Crippen LogP contribution in [0.15, 0.2) is 37.0 Å². The second kappa shape index (κ2) is 12.1. The third-order valence-corrected chi connectivity index (χ3v) is 1.93. The van der Waals surface area contributed by atoms with Crippen LogP contribution in [0.2, 0.25) is 0 Å². The van der Waals surface area contributed by atoms with Crippen LogP contribution >= 0.6 is 0 Å². The summed E-state index contributed by atoms with van der Waals surface area (Å²) in [6, 6.07) is 0. The van der Waals surface area contributed by atoms with Crippen molar-refractivity contribution in [2.45, 2.75) is 13.3 Å². The zero-order valence-corrected chi connectivity index (χ0v) is 11.0. The van der Waals surface area contributed by atoms with Crippen molar-refractivity contribution in [2.24, 2.45) is 0 Å². The van der Waals surface area contributed by atoms with Gasteiger partial charge in [0.15, 0.2) is 0 Å². The first-order valence-corrected chi connectivity index (χ1v) is 5.99. The summed E-state index contributed by atoms with van der Waals surface area (Å²) in [5.41, 5.74) is 0.796. The van der Waals surface area contributed by atoms with Gasteiger partial charge in [-0.25, -0.2) is 4.79 Å². The van der Waals surface area contributed by atoms with Crippen molar-refractivity contribution >= 4 is 5.97 Å². The van der Waals surface area contributed by atoms with Crippen LogP contribution in [0.25, 0.3) is 0 Å². The van der Waals surface area contributed by atoms with Crippen molar-refractivity contribution in [3.05, 3.63) is 37.0 Å². The molecule has 0 spiro atoms. The second-order valence-corrected chi connectivity index (χ2v) is 3.51. The molecule has 0 aromatic heterocycles. The molecule has 18 heavy (non-hydrogen) atoms. The van der Waals surface area contributed by atoms with E-state index in [9.17, 15) is 4.79 Å². The highest BCUT2D eigenvalue weighted by Gasteiger charge is 2.03. The second-order valence-electron chi connectivity index (χ2n) is 3.51. The Morgan fingerprint density at radius 2 is 1.83 bits per heavy atom. The van der Waals surface area contributed by atoms with Crippen molar-refractivity contribution in [1.29, 1.82) is 0 Å². The van der Waals surface area contributed by atoms with Gasteiger partial charge in [0.2, 0.25) is 0 Å². The lowest BCUT2D eigenvalue weighted by molar-refractivity contribution is -0.148. The van der Waals surface area contributed by atoms with Crippen molar-refractivity contribution in [1.82, 2.24) is 0 Å². The SMILES string of the molecule is C=C/C=C(\C=C)COC(=O)COCCOCCC. The first-order chi connectivity index (χ1) is 8.74. The van der Waals surface area contributed by atoms with Gasteiger partial charge in [-0.2, -0.15) is 0 Å². The van der Waals surface area contributed by atoms with Crippen molar-refractivity contribution in [3.8, 4) is 0 Å². The molecule has 102 valence electrons. The maximum absolute atomic E-state index is 11.3. The van der Waals surface area contributed by atoms with Crippen molar-refractivity contribution in [2.75, 3.05) is 33.0 Å². The first-order valence-electron chi connectivity index (χ1n) is 5.99. The van der Waals surface area contributed by atoms with E-state index < -0.39 is 5.97 Å². The monoisotopic (exact) mass is 254 g/mol. The fraction of sp³-hybridized carbons (Fsp3) is 0.500. The van der Waals surface area contributed by atoms with E-state index in [1.54, 1.807) is 18.2 Å². The fourth-order valence-corrected chi connectivity index (χ4v) is 1.05. The highest BCUT2D eigenvalue weighted by Crippen LogP contribution is 1.97. The Labute approximate surface area is 109 Å². The molecule has 0 amide bonds. The standard InChI is InChI=1S/C14H22O4/c1-4-7-13(6-3)11-18-14(15)12-17-10-9-16-8-5-2/h4,6-7H,1,3,5,8-12H2,2H3/b13-7+. The summed E-state index contributed by atoms with van der Waals surface area (Å²) in [7, 11) is 0. The Balaban J connectivity index is 3.56. The van der Waals surface area contributed by atoms with Gasteiger partial charge in [0.1, 0.15) is 13.2 Å². The maximum atomic E-state index is 11.3. The largest absolute Gasteiger partial charge is 0.459 e. The molecule has 0 saturated heterocycles. The van der Waals surface area contributed by atoms with Crippen LogP contribution in [0.5, 0.6) is 0 Å². The topological polar surface area (TPSA) is 44.8 Å². The molecule has 0 N–H and O–H groups in total. The lowest BCUT2D eigenvalue weighted by Crippen LogP contribution is -2.16. The van der Waals surface area contributed by atoms with E-state index in [2.05, 4.69) is 13.2 Å². The van der Waals surface area contributed by atoms with Crippen LogP contribution in [-0.2, 0) is 19.0 Å². The molecule has 0 aliphatic rings. The summed E-state index contributed by atoms with van der Waals surface area (Å²) in [6.07, 6.45) is 5.95. The molecule has 0 aliphatic carbocycles. The third-order valence-electron chi connectivity index (χ3n) is 1.93. The average Bonchev–Trinajstić information content (AvgIpc) is 2.38. The highest BCUT2D eigenvalue weighted by atomic mass is 16.6. The molecule has 0 radical (unpaired) electrons. The zero-order chi connectivity index (χ0) is 13.6. The van der Waals surface area contributed by atoms with Crippen molar-refractivity contribution < 1.29 is 19.0 Å². The third kappa shape index (κ3) is 9.81. The van der Waals surface area contributed by atoms with E-state index >= 15 is 0 Å². The number of rotatable bonds is 11. The molecule has 0 unspecified atom stereocenters. The highest BCUT2D eigenvalue weighted by molar-refractivity contribution is 5.70. The number of hydrogen-bond donors (Lipinski definition) is 0. The average molecular weight is 254 g/mol. The minimum Gasteiger partial charge on any atom is -0.459 e. The van der Waals surface area contributed by atoms with Gasteiger partial charge in [-0.3, -0.25) is 0 Å². The summed E-state index contributed by atoms with van der Waals surface area (Å²) in [5, 5.41) is 0. The van der Waals surface area contributed by atoms with Crippen LogP contribution in [0.4, 0.5) is 0 Å². The molecule has 0 bridgehead atoms. The number of ether oxygens (including phenoxy) is 3. The summed E-state index contributed by atoms with van der Waals surface area (Å²) in [6.45, 7) is 10.9. The molecular formula is C14H22O4. The molecule has 0 fully saturated rings. The predicted molar refractivity (Wildman–Crippen MR) is 71.4 cm³/mol. The molecule has 0 aliphatic heterocycles. The minimum atomic E-state index is -0.401. The van der Waals surface area contributed by atoms with Crippen molar-refractivity contribution in [3.63, 3.8) is 0 Å². The van der Waals surface area contributed by atoms with E-state index in [-0.39, 0.29) is 13.2 Å². The zero-order valence-electron chi connectivity index (χ0n) is 11.0. The molecule has 0 rings (SSSR count). The Morgan fingerprint density at radius 1 is 1.11 bits per heavy atom. The van der Waals surface area contributed by atoms with E-state index in [4.69, 9.17) is 14.2 Å². The van der Waals surface area contributed by atoms with Crippen LogP contribution in [0.3, 0.4) is 0 Å². The Morgan fingerprint density at radius 3 is 2.44 bits per heavy atom. The van der Waals surface area contributed by atoms with Gasteiger partial charge in [-0.15, -0.1) is 0 Å². The molecule has 0 aromatic rings. The number of hydrogen-bond acceptors (Lipinski definition) is 4. The Bertz CT molecular complexity index is 282. The van der Waals surface area contributed by atoms with Crippen LogP contribution < -0.4 is 0 Å². The molecule has 0 aromatic carbocycles. The predicted octanol–water partition coefficient (Wildman–Crippen LogP) is 2.27. The van der Waals surface area contributed by atoms with Gasteiger partial charge in [0.25, 0.3) is 0 Å². The van der Waals surface area contributed by atoms with Crippen LogP contribution in [-0.4, -0.2) is 39.0 Å². The van der Waals surface area contributed by atoms with Gasteiger partial charge >= 0.3 is 5.97 Å². The van der Waals surface area contributed by atoms with Gasteiger partial charge in [-0.05, 0) is 12.0 Å². The minimum absolute atomic E-state index is 0.0615. The molecule has 0 saturated carbocycles. The fourth-order valence-electron chi connectivity index (χ4n) is 1.05. The number of carbonyl (C=O) groups excluding carboxylic acids is 1. The quantitative estimate of drug-likeness (QED) is 0.322. The van der Waals surface area contributed by atoms with Gasteiger partial charge < -0.3 is 14.2 Å². The van der Waals surface area contributed by atoms with Gasteiger partial charge in [0, 0.05) is 6.61 Å². The lowest BCUT2D eigenvalue weighted by atomic mass is 10.2. The Kier molecular flexibility index (Phi) is 11.1. The summed E-state index contributed by atoms with van der Waals surface area (Å²) >= 11 is 0. The molecule has 4 nitrogen and oxygen atoms in total. The molecular weight excluding hydrogens is 232 g/mol. The van der Waals surface area contributed by atoms with Crippen LogP contribution in [0.1, 0.15) is 13.3 Å². The summed E-state index contributed by atoms with van der Waals surface area (Å²) in [5.74, 6) is -0.401. The summed E-state index contributed by atoms with van der Waals surface area (Å²) in [4.78, 5) is 11.3. The number of carbonyl (C=O) groups is 1. The number of esters is 1. The normalized spacial score (nSPS) is 11.1. The van der Waals surface area contributed by atoms with Gasteiger partial charge in [-0.1, -0.05) is 38.3 Å². The summed E-state index contributed by atoms with van der Waals surface area (Å²) < 4.78 is 15.3. The molecule has 4 heteroatoms. The van der Waals surface area contributed by atoms with Crippen LogP contribution in [0, 0.1) is 0 Å². The van der Waals surface area contributed by atoms with E-state index in [0.29, 0.717) is 19.8 Å². The van der Waals surface area contributed by atoms with Gasteiger partial charge in [0.05, 0.1) is 13.2 Å². The van der Waals surface area contributed by atoms with E-state index in [0.717, 1.165) is 12.0 Å². The molecule has 0 heterocycles. The Hall–Kier alpha value is -1.39. The number of allylic oxidation sites excluding steroid dienone is 2. The van der Waals surface area contributed by atoms with E-state index in [1.807, 2.05) is 6.92 Å². The van der Waals surface area contributed by atoms with E-state index in [1.165, 1.54) is 0 Å².